The Morgan fingerprint density at radius 1 is 0.929 bits per heavy atom. The number of hydrogen-bond acceptors (Lipinski definition) is 3. The van der Waals surface area contributed by atoms with Crippen molar-refractivity contribution in [2.45, 2.75) is 90.5 Å². The summed E-state index contributed by atoms with van der Waals surface area (Å²) in [6, 6.07) is 4.88. The molecule has 1 aromatic carbocycles. The Hall–Kier alpha value is -1.91. The van der Waals surface area contributed by atoms with E-state index in [1.807, 2.05) is 0 Å². The van der Waals surface area contributed by atoms with Crippen molar-refractivity contribution >= 4 is 11.9 Å². The van der Waals surface area contributed by atoms with Crippen LogP contribution in [0.5, 0.6) is 0 Å². The van der Waals surface area contributed by atoms with E-state index in [0.29, 0.717) is 6.61 Å². The number of ether oxygens (including phenoxy) is 1. The highest BCUT2D eigenvalue weighted by Crippen LogP contribution is 2.11. The van der Waals surface area contributed by atoms with Gasteiger partial charge in [0.15, 0.2) is 0 Å². The van der Waals surface area contributed by atoms with E-state index in [2.05, 4.69) is 12.2 Å². The monoisotopic (exact) mass is 393 g/mol. The number of benzene rings is 1. The maximum absolute atomic E-state index is 13.6. The van der Waals surface area contributed by atoms with Crippen LogP contribution in [0.4, 0.5) is 4.39 Å². The second-order valence-electron chi connectivity index (χ2n) is 7.38. The fourth-order valence-corrected chi connectivity index (χ4v) is 3.04. The van der Waals surface area contributed by atoms with Gasteiger partial charge in [-0.1, -0.05) is 83.3 Å². The minimum Gasteiger partial charge on any atom is -0.464 e. The van der Waals surface area contributed by atoms with Gasteiger partial charge in [0.2, 0.25) is 0 Å². The fourth-order valence-electron chi connectivity index (χ4n) is 3.04. The molecule has 0 bridgehead atoms. The summed E-state index contributed by atoms with van der Waals surface area (Å²) < 4.78 is 18.8. The second kappa shape index (κ2) is 15.1. The minimum absolute atomic E-state index is 0.0764. The third-order valence-electron chi connectivity index (χ3n) is 4.81. The molecular weight excluding hydrogens is 357 g/mol. The molecule has 0 fully saturated rings. The number of unbranched alkanes of at least 4 members (excludes halogenated alkanes) is 10. The average Bonchev–Trinajstić information content (AvgIpc) is 2.68. The van der Waals surface area contributed by atoms with E-state index in [-0.39, 0.29) is 5.56 Å². The number of carbonyl (C=O) groups excluding carboxylic acids is 2. The van der Waals surface area contributed by atoms with Crippen LogP contribution in [0, 0.1) is 5.82 Å². The van der Waals surface area contributed by atoms with Crippen molar-refractivity contribution in [3.63, 3.8) is 0 Å². The van der Waals surface area contributed by atoms with Crippen LogP contribution in [0.3, 0.4) is 0 Å². The first kappa shape index (κ1) is 24.1. The number of halogens is 1. The van der Waals surface area contributed by atoms with E-state index >= 15 is 0 Å². The number of nitrogens with one attached hydrogen (secondary N) is 1. The minimum atomic E-state index is -0.806. The largest absolute Gasteiger partial charge is 0.464 e. The molecule has 1 atom stereocenters. The summed E-state index contributed by atoms with van der Waals surface area (Å²) in [6.45, 7) is 4.14. The smallest absolute Gasteiger partial charge is 0.328 e. The molecule has 0 unspecified atom stereocenters. The molecule has 5 heteroatoms. The van der Waals surface area contributed by atoms with E-state index in [0.717, 1.165) is 19.3 Å². The normalized spacial score (nSPS) is 11.8. The quantitative estimate of drug-likeness (QED) is 0.303. The number of rotatable bonds is 15. The number of esters is 1. The van der Waals surface area contributed by atoms with Gasteiger partial charge < -0.3 is 10.1 Å². The third kappa shape index (κ3) is 10.4. The van der Waals surface area contributed by atoms with Gasteiger partial charge in [-0.05, 0) is 25.5 Å². The van der Waals surface area contributed by atoms with E-state index in [4.69, 9.17) is 4.74 Å². The summed E-state index contributed by atoms with van der Waals surface area (Å²) in [4.78, 5) is 23.9. The molecule has 158 valence electrons. The molecular formula is C23H36FNO3. The maximum Gasteiger partial charge on any atom is 0.328 e. The first-order valence-corrected chi connectivity index (χ1v) is 10.8. The zero-order valence-corrected chi connectivity index (χ0v) is 17.5. The molecule has 1 amide bonds. The number of carbonyl (C=O) groups is 2. The van der Waals surface area contributed by atoms with Gasteiger partial charge in [-0.25, -0.2) is 9.18 Å². The SMILES string of the molecule is CCCCCCCCCCCCCOC(=O)[C@H](C)NC(=O)c1ccccc1F. The maximum atomic E-state index is 13.6. The van der Waals surface area contributed by atoms with Crippen LogP contribution in [0.15, 0.2) is 24.3 Å². The highest BCUT2D eigenvalue weighted by atomic mass is 19.1. The Morgan fingerprint density at radius 2 is 1.46 bits per heavy atom. The first-order chi connectivity index (χ1) is 13.6. The number of hydrogen-bond donors (Lipinski definition) is 1. The molecule has 0 aliphatic rings. The number of amides is 1. The van der Waals surface area contributed by atoms with Gasteiger partial charge in [0, 0.05) is 0 Å². The van der Waals surface area contributed by atoms with Gasteiger partial charge in [0.1, 0.15) is 11.9 Å². The Labute approximate surface area is 169 Å². The van der Waals surface area contributed by atoms with Crippen molar-refractivity contribution in [3.8, 4) is 0 Å². The van der Waals surface area contributed by atoms with Crippen LogP contribution in [0.1, 0.15) is 94.8 Å². The van der Waals surface area contributed by atoms with Gasteiger partial charge in [0.25, 0.3) is 5.91 Å². The summed E-state index contributed by atoms with van der Waals surface area (Å²) in [6.07, 6.45) is 13.6. The lowest BCUT2D eigenvalue weighted by Crippen LogP contribution is -2.40. The van der Waals surface area contributed by atoms with E-state index in [1.54, 1.807) is 13.0 Å². The van der Waals surface area contributed by atoms with Crippen molar-refractivity contribution in [3.05, 3.63) is 35.6 Å². The zero-order valence-electron chi connectivity index (χ0n) is 17.5. The van der Waals surface area contributed by atoms with Crippen molar-refractivity contribution in [1.82, 2.24) is 5.32 Å². The summed E-state index contributed by atoms with van der Waals surface area (Å²) in [5.41, 5.74) is -0.0764. The molecule has 0 saturated carbocycles. The van der Waals surface area contributed by atoms with Crippen molar-refractivity contribution in [1.29, 1.82) is 0 Å². The Kier molecular flexibility index (Phi) is 13.0. The van der Waals surface area contributed by atoms with Gasteiger partial charge in [-0.15, -0.1) is 0 Å². The summed E-state index contributed by atoms with van der Waals surface area (Å²) in [7, 11) is 0. The third-order valence-corrected chi connectivity index (χ3v) is 4.81. The zero-order chi connectivity index (χ0) is 20.6. The lowest BCUT2D eigenvalue weighted by molar-refractivity contribution is -0.145. The van der Waals surface area contributed by atoms with Crippen LogP contribution in [-0.2, 0) is 9.53 Å². The van der Waals surface area contributed by atoms with Gasteiger partial charge >= 0.3 is 5.97 Å². The van der Waals surface area contributed by atoms with Gasteiger partial charge in [-0.3, -0.25) is 4.79 Å². The lowest BCUT2D eigenvalue weighted by Gasteiger charge is -2.13. The van der Waals surface area contributed by atoms with E-state index in [9.17, 15) is 14.0 Å². The predicted octanol–water partition coefficient (Wildman–Crippen LogP) is 5.80. The molecule has 4 nitrogen and oxygen atoms in total. The molecule has 0 radical (unpaired) electrons. The Morgan fingerprint density at radius 3 is 2.04 bits per heavy atom. The molecule has 1 rings (SSSR count). The van der Waals surface area contributed by atoms with Crippen molar-refractivity contribution in [2.75, 3.05) is 6.61 Å². The van der Waals surface area contributed by atoms with Gasteiger partial charge in [-0.2, -0.15) is 0 Å². The topological polar surface area (TPSA) is 55.4 Å². The fraction of sp³-hybridized carbons (Fsp3) is 0.652. The second-order valence-corrected chi connectivity index (χ2v) is 7.38. The van der Waals surface area contributed by atoms with Crippen LogP contribution in [0.2, 0.25) is 0 Å². The molecule has 0 heterocycles. The van der Waals surface area contributed by atoms with Crippen LogP contribution in [0.25, 0.3) is 0 Å². The molecule has 28 heavy (non-hydrogen) atoms. The summed E-state index contributed by atoms with van der Waals surface area (Å²) >= 11 is 0. The average molecular weight is 394 g/mol. The molecule has 0 aliphatic carbocycles. The van der Waals surface area contributed by atoms with Crippen LogP contribution >= 0.6 is 0 Å². The van der Waals surface area contributed by atoms with Crippen LogP contribution in [-0.4, -0.2) is 24.5 Å². The summed E-state index contributed by atoms with van der Waals surface area (Å²) in [5.74, 6) is -1.71. The molecule has 1 aromatic rings. The van der Waals surface area contributed by atoms with Gasteiger partial charge in [0.05, 0.1) is 12.2 Å². The molecule has 0 aliphatic heterocycles. The van der Waals surface area contributed by atoms with E-state index < -0.39 is 23.7 Å². The van der Waals surface area contributed by atoms with Crippen molar-refractivity contribution < 1.29 is 18.7 Å². The highest BCUT2D eigenvalue weighted by Gasteiger charge is 2.19. The molecule has 0 aromatic heterocycles. The predicted molar refractivity (Wildman–Crippen MR) is 111 cm³/mol. The van der Waals surface area contributed by atoms with Crippen molar-refractivity contribution in [2.24, 2.45) is 0 Å². The standard InChI is InChI=1S/C23H36FNO3/c1-3-4-5-6-7-8-9-10-11-12-15-18-28-23(27)19(2)25-22(26)20-16-13-14-17-21(20)24/h13-14,16-17,19H,3-12,15,18H2,1-2H3,(H,25,26)/t19-/m0/s1. The molecule has 0 spiro atoms. The molecule has 0 saturated heterocycles. The lowest BCUT2D eigenvalue weighted by atomic mass is 10.1. The summed E-state index contributed by atoms with van der Waals surface area (Å²) in [5, 5.41) is 2.48. The van der Waals surface area contributed by atoms with E-state index in [1.165, 1.54) is 69.6 Å². The Balaban J connectivity index is 2.04. The van der Waals surface area contributed by atoms with Crippen LogP contribution < -0.4 is 5.32 Å². The molecule has 1 N–H and O–H groups in total. The Bertz CT molecular complexity index is 577. The first-order valence-electron chi connectivity index (χ1n) is 10.8. The highest BCUT2D eigenvalue weighted by molar-refractivity contribution is 5.96.